The number of carbonyl (C=O) groups excluding carboxylic acids is 1. The van der Waals surface area contributed by atoms with E-state index in [1.165, 1.54) is 0 Å². The Morgan fingerprint density at radius 1 is 1.04 bits per heavy atom. The maximum atomic E-state index is 13.0. The lowest BCUT2D eigenvalue weighted by Gasteiger charge is -2.21. The van der Waals surface area contributed by atoms with E-state index in [4.69, 9.17) is 0 Å². The summed E-state index contributed by atoms with van der Waals surface area (Å²) in [4.78, 5) is 19.2. The van der Waals surface area contributed by atoms with Crippen LogP contribution in [0.2, 0.25) is 0 Å². The van der Waals surface area contributed by atoms with E-state index >= 15 is 0 Å². The number of nitrogens with zero attached hydrogens (tertiary/aromatic N) is 3. The Morgan fingerprint density at radius 3 is 2.68 bits per heavy atom. The number of fused-ring (bicyclic) bond motifs is 2. The van der Waals surface area contributed by atoms with Crippen LogP contribution in [0.3, 0.4) is 0 Å². The molecule has 0 unspecified atom stereocenters. The van der Waals surface area contributed by atoms with Gasteiger partial charge in [-0.15, -0.1) is 0 Å². The Hall–Kier alpha value is -3.14. The molecule has 4 rings (SSSR count). The standard InChI is InChI=1S/C21H19N3O/c1-2-23(15-19-14-22-20-9-5-6-12-24(19)20)21(25)18-11-10-16-7-3-4-8-17(16)13-18/h3-14H,2,15H2,1H3. The Labute approximate surface area is 146 Å². The number of hydrogen-bond acceptors (Lipinski definition) is 2. The summed E-state index contributed by atoms with van der Waals surface area (Å²) in [5.41, 5.74) is 2.62. The number of rotatable bonds is 4. The minimum atomic E-state index is 0.0409. The van der Waals surface area contributed by atoms with E-state index in [0.29, 0.717) is 13.1 Å². The molecular formula is C21H19N3O. The summed E-state index contributed by atoms with van der Waals surface area (Å²) < 4.78 is 2.02. The zero-order valence-corrected chi connectivity index (χ0v) is 14.1. The lowest BCUT2D eigenvalue weighted by Crippen LogP contribution is -2.30. The van der Waals surface area contributed by atoms with Gasteiger partial charge in [-0.05, 0) is 42.0 Å². The number of hydrogen-bond donors (Lipinski definition) is 0. The van der Waals surface area contributed by atoms with Crippen molar-refractivity contribution in [3.8, 4) is 0 Å². The molecule has 0 aliphatic rings. The first kappa shape index (κ1) is 15.4. The molecule has 0 saturated heterocycles. The van der Waals surface area contributed by atoms with Crippen LogP contribution in [0.15, 0.2) is 73.1 Å². The smallest absolute Gasteiger partial charge is 0.254 e. The van der Waals surface area contributed by atoms with E-state index in [1.807, 2.05) is 83.2 Å². The topological polar surface area (TPSA) is 37.6 Å². The molecule has 124 valence electrons. The van der Waals surface area contributed by atoms with E-state index in [0.717, 1.165) is 27.7 Å². The highest BCUT2D eigenvalue weighted by atomic mass is 16.2. The van der Waals surface area contributed by atoms with Gasteiger partial charge in [0.15, 0.2) is 0 Å². The second-order valence-corrected chi connectivity index (χ2v) is 6.06. The SMILES string of the molecule is CCN(Cc1cnc2ccccn12)C(=O)c1ccc2ccccc2c1. The molecule has 0 atom stereocenters. The van der Waals surface area contributed by atoms with Gasteiger partial charge in [-0.1, -0.05) is 36.4 Å². The maximum Gasteiger partial charge on any atom is 0.254 e. The summed E-state index contributed by atoms with van der Waals surface area (Å²) >= 11 is 0. The first-order chi connectivity index (χ1) is 12.3. The molecule has 0 saturated carbocycles. The Kier molecular flexibility index (Phi) is 3.94. The second kappa shape index (κ2) is 6.40. The molecule has 0 bridgehead atoms. The number of imidazole rings is 1. The highest BCUT2D eigenvalue weighted by molar-refractivity contribution is 5.98. The molecule has 25 heavy (non-hydrogen) atoms. The molecule has 4 aromatic rings. The van der Waals surface area contributed by atoms with Gasteiger partial charge in [0.05, 0.1) is 18.4 Å². The average molecular weight is 329 g/mol. The van der Waals surface area contributed by atoms with E-state index in [2.05, 4.69) is 11.1 Å². The van der Waals surface area contributed by atoms with Crippen molar-refractivity contribution < 1.29 is 4.79 Å². The fourth-order valence-corrected chi connectivity index (χ4v) is 3.13. The first-order valence-corrected chi connectivity index (χ1v) is 8.45. The van der Waals surface area contributed by atoms with E-state index in [1.54, 1.807) is 0 Å². The molecular weight excluding hydrogens is 310 g/mol. The molecule has 1 amide bonds. The minimum absolute atomic E-state index is 0.0409. The summed E-state index contributed by atoms with van der Waals surface area (Å²) in [7, 11) is 0. The Morgan fingerprint density at radius 2 is 1.84 bits per heavy atom. The summed E-state index contributed by atoms with van der Waals surface area (Å²) in [5, 5.41) is 2.23. The predicted octanol–water partition coefficient (Wildman–Crippen LogP) is 4.15. The molecule has 0 fully saturated rings. The quantitative estimate of drug-likeness (QED) is 0.564. The van der Waals surface area contributed by atoms with Gasteiger partial charge >= 0.3 is 0 Å². The summed E-state index contributed by atoms with van der Waals surface area (Å²) in [5.74, 6) is 0.0409. The highest BCUT2D eigenvalue weighted by Crippen LogP contribution is 2.18. The monoisotopic (exact) mass is 329 g/mol. The number of aromatic nitrogens is 2. The van der Waals surface area contributed by atoms with Crippen molar-refractivity contribution in [1.29, 1.82) is 0 Å². The van der Waals surface area contributed by atoms with Crippen LogP contribution < -0.4 is 0 Å². The molecule has 2 aromatic heterocycles. The van der Waals surface area contributed by atoms with Gasteiger partial charge in [-0.2, -0.15) is 0 Å². The van der Waals surface area contributed by atoms with Crippen LogP contribution >= 0.6 is 0 Å². The van der Waals surface area contributed by atoms with Crippen molar-refractivity contribution in [1.82, 2.24) is 14.3 Å². The van der Waals surface area contributed by atoms with E-state index in [-0.39, 0.29) is 5.91 Å². The lowest BCUT2D eigenvalue weighted by atomic mass is 10.1. The fraction of sp³-hybridized carbons (Fsp3) is 0.143. The van der Waals surface area contributed by atoms with Gasteiger partial charge in [-0.25, -0.2) is 4.98 Å². The van der Waals surface area contributed by atoms with Crippen LogP contribution in [-0.2, 0) is 6.54 Å². The van der Waals surface area contributed by atoms with E-state index < -0.39 is 0 Å². The van der Waals surface area contributed by atoms with Crippen LogP contribution in [0, 0.1) is 0 Å². The largest absolute Gasteiger partial charge is 0.333 e. The zero-order chi connectivity index (χ0) is 17.2. The van der Waals surface area contributed by atoms with Gasteiger partial charge in [0.25, 0.3) is 5.91 Å². The highest BCUT2D eigenvalue weighted by Gasteiger charge is 2.16. The van der Waals surface area contributed by atoms with Gasteiger partial charge in [0, 0.05) is 18.3 Å². The molecule has 0 spiro atoms. The van der Waals surface area contributed by atoms with Gasteiger partial charge in [-0.3, -0.25) is 4.79 Å². The summed E-state index contributed by atoms with van der Waals surface area (Å²) in [6.07, 6.45) is 3.82. The molecule has 0 radical (unpaired) electrons. The maximum absolute atomic E-state index is 13.0. The van der Waals surface area contributed by atoms with Gasteiger partial charge < -0.3 is 9.30 Å². The third-order valence-corrected chi connectivity index (χ3v) is 4.51. The Balaban J connectivity index is 1.64. The van der Waals surface area contributed by atoms with Crippen LogP contribution in [0.1, 0.15) is 23.0 Å². The van der Waals surface area contributed by atoms with Crippen LogP contribution in [-0.4, -0.2) is 26.7 Å². The van der Waals surface area contributed by atoms with Crippen molar-refractivity contribution >= 4 is 22.3 Å². The lowest BCUT2D eigenvalue weighted by molar-refractivity contribution is 0.0750. The van der Waals surface area contributed by atoms with Crippen molar-refractivity contribution in [3.05, 3.63) is 84.3 Å². The van der Waals surface area contributed by atoms with Crippen molar-refractivity contribution in [2.75, 3.05) is 6.54 Å². The van der Waals surface area contributed by atoms with Crippen molar-refractivity contribution in [3.63, 3.8) is 0 Å². The third kappa shape index (κ3) is 2.87. The zero-order valence-electron chi connectivity index (χ0n) is 14.1. The minimum Gasteiger partial charge on any atom is -0.333 e. The molecule has 4 nitrogen and oxygen atoms in total. The second-order valence-electron chi connectivity index (χ2n) is 6.06. The van der Waals surface area contributed by atoms with E-state index in [9.17, 15) is 4.79 Å². The normalized spacial score (nSPS) is 11.1. The molecule has 0 aliphatic heterocycles. The number of benzene rings is 2. The molecule has 0 N–H and O–H groups in total. The summed E-state index contributed by atoms with van der Waals surface area (Å²) in [6, 6.07) is 19.9. The Bertz CT molecular complexity index is 1050. The van der Waals surface area contributed by atoms with Crippen LogP contribution in [0.4, 0.5) is 0 Å². The predicted molar refractivity (Wildman–Crippen MR) is 99.6 cm³/mol. The number of amides is 1. The fourth-order valence-electron chi connectivity index (χ4n) is 3.13. The van der Waals surface area contributed by atoms with Crippen LogP contribution in [0.25, 0.3) is 16.4 Å². The average Bonchev–Trinajstić information content (AvgIpc) is 3.08. The van der Waals surface area contributed by atoms with Crippen LogP contribution in [0.5, 0.6) is 0 Å². The third-order valence-electron chi connectivity index (χ3n) is 4.51. The van der Waals surface area contributed by atoms with Crippen molar-refractivity contribution in [2.45, 2.75) is 13.5 Å². The molecule has 2 aromatic carbocycles. The first-order valence-electron chi connectivity index (χ1n) is 8.45. The summed E-state index contributed by atoms with van der Waals surface area (Å²) in [6.45, 7) is 3.18. The van der Waals surface area contributed by atoms with Gasteiger partial charge in [0.2, 0.25) is 0 Å². The molecule has 2 heterocycles. The number of carbonyl (C=O) groups is 1. The molecule has 4 heteroatoms. The van der Waals surface area contributed by atoms with Crippen molar-refractivity contribution in [2.24, 2.45) is 0 Å². The number of pyridine rings is 1. The molecule has 0 aliphatic carbocycles. The van der Waals surface area contributed by atoms with Gasteiger partial charge in [0.1, 0.15) is 5.65 Å².